The lowest BCUT2D eigenvalue weighted by atomic mass is 9.97. The highest BCUT2D eigenvalue weighted by Crippen LogP contribution is 2.17. The highest BCUT2D eigenvalue weighted by molar-refractivity contribution is 5.79. The van der Waals surface area contributed by atoms with Crippen LogP contribution in [0.3, 0.4) is 0 Å². The summed E-state index contributed by atoms with van der Waals surface area (Å²) in [6.45, 7) is 8.32. The second-order valence-electron chi connectivity index (χ2n) is 5.46. The van der Waals surface area contributed by atoms with Gasteiger partial charge in [0.2, 0.25) is 5.91 Å². The maximum absolute atomic E-state index is 12.0. The van der Waals surface area contributed by atoms with Crippen LogP contribution in [-0.4, -0.2) is 43.1 Å². The molecule has 0 aromatic heterocycles. The Bertz CT molecular complexity index is 305. The zero-order valence-electron chi connectivity index (χ0n) is 12.3. The van der Waals surface area contributed by atoms with E-state index in [-0.39, 0.29) is 17.9 Å². The standard InChI is InChI=1S/C14H26N2O3/c1-4-19-14(18)16-9-5-6-12(10-16)13(17)15-8-7-11(2)3/h11-12H,4-10H2,1-3H3,(H,15,17). The number of nitrogens with one attached hydrogen (secondary N) is 1. The molecule has 0 aromatic rings. The second kappa shape index (κ2) is 8.02. The van der Waals surface area contributed by atoms with Crippen molar-refractivity contribution in [1.82, 2.24) is 10.2 Å². The number of rotatable bonds is 5. The van der Waals surface area contributed by atoms with E-state index < -0.39 is 0 Å². The smallest absolute Gasteiger partial charge is 0.409 e. The van der Waals surface area contributed by atoms with Gasteiger partial charge in [-0.15, -0.1) is 0 Å². The molecule has 0 bridgehead atoms. The normalized spacial score (nSPS) is 19.4. The first-order chi connectivity index (χ1) is 9.04. The predicted molar refractivity (Wildman–Crippen MR) is 73.8 cm³/mol. The van der Waals surface area contributed by atoms with E-state index in [1.54, 1.807) is 11.8 Å². The number of hydrogen-bond acceptors (Lipinski definition) is 3. The van der Waals surface area contributed by atoms with Crippen LogP contribution in [0, 0.1) is 11.8 Å². The van der Waals surface area contributed by atoms with Gasteiger partial charge in [0.25, 0.3) is 0 Å². The first kappa shape index (κ1) is 15.8. The third-order valence-corrected chi connectivity index (χ3v) is 3.34. The number of carbonyl (C=O) groups is 2. The summed E-state index contributed by atoms with van der Waals surface area (Å²) in [5, 5.41) is 2.96. The SMILES string of the molecule is CCOC(=O)N1CCCC(C(=O)NCCC(C)C)C1. The van der Waals surface area contributed by atoms with Crippen LogP contribution in [0.1, 0.15) is 40.0 Å². The number of ether oxygens (including phenoxy) is 1. The fraction of sp³-hybridized carbons (Fsp3) is 0.857. The lowest BCUT2D eigenvalue weighted by Crippen LogP contribution is -2.45. The number of amides is 2. The van der Waals surface area contributed by atoms with Crippen molar-refractivity contribution in [3.63, 3.8) is 0 Å². The first-order valence-electron chi connectivity index (χ1n) is 7.24. The number of piperidine rings is 1. The van der Waals surface area contributed by atoms with Gasteiger partial charge in [-0.2, -0.15) is 0 Å². The van der Waals surface area contributed by atoms with Crippen LogP contribution in [0.4, 0.5) is 4.79 Å². The summed E-state index contributed by atoms with van der Waals surface area (Å²) in [4.78, 5) is 25.3. The summed E-state index contributed by atoms with van der Waals surface area (Å²) >= 11 is 0. The zero-order chi connectivity index (χ0) is 14.3. The van der Waals surface area contributed by atoms with Crippen LogP contribution in [0.5, 0.6) is 0 Å². The van der Waals surface area contributed by atoms with Crippen LogP contribution in [0.15, 0.2) is 0 Å². The van der Waals surface area contributed by atoms with Crippen LogP contribution >= 0.6 is 0 Å². The van der Waals surface area contributed by atoms with Crippen LogP contribution in [-0.2, 0) is 9.53 Å². The average molecular weight is 270 g/mol. The molecular formula is C14H26N2O3. The number of nitrogens with zero attached hydrogens (tertiary/aromatic N) is 1. The number of carbonyl (C=O) groups excluding carboxylic acids is 2. The molecule has 1 N–H and O–H groups in total. The molecule has 1 atom stereocenters. The number of likely N-dealkylation sites (tertiary alicyclic amines) is 1. The molecule has 5 nitrogen and oxygen atoms in total. The Balaban J connectivity index is 2.37. The highest BCUT2D eigenvalue weighted by Gasteiger charge is 2.28. The van der Waals surface area contributed by atoms with Crippen LogP contribution in [0.25, 0.3) is 0 Å². The van der Waals surface area contributed by atoms with Gasteiger partial charge in [-0.1, -0.05) is 13.8 Å². The third-order valence-electron chi connectivity index (χ3n) is 3.34. The second-order valence-corrected chi connectivity index (χ2v) is 5.46. The molecule has 0 radical (unpaired) electrons. The van der Waals surface area contributed by atoms with E-state index in [0.717, 1.165) is 19.3 Å². The fourth-order valence-corrected chi connectivity index (χ4v) is 2.20. The first-order valence-corrected chi connectivity index (χ1v) is 7.24. The van der Waals surface area contributed by atoms with Crippen molar-refractivity contribution >= 4 is 12.0 Å². The van der Waals surface area contributed by atoms with Gasteiger partial charge in [0, 0.05) is 19.6 Å². The van der Waals surface area contributed by atoms with E-state index in [4.69, 9.17) is 4.74 Å². The largest absolute Gasteiger partial charge is 0.450 e. The maximum Gasteiger partial charge on any atom is 0.409 e. The molecule has 0 saturated carbocycles. The van der Waals surface area contributed by atoms with Crippen molar-refractivity contribution in [2.75, 3.05) is 26.2 Å². The predicted octanol–water partition coefficient (Wildman–Crippen LogP) is 2.02. The molecule has 0 spiro atoms. The molecule has 1 saturated heterocycles. The molecule has 19 heavy (non-hydrogen) atoms. The summed E-state index contributed by atoms with van der Waals surface area (Å²) in [5.41, 5.74) is 0. The summed E-state index contributed by atoms with van der Waals surface area (Å²) in [5.74, 6) is 0.558. The maximum atomic E-state index is 12.0. The molecule has 1 heterocycles. The van der Waals surface area contributed by atoms with E-state index in [2.05, 4.69) is 19.2 Å². The topological polar surface area (TPSA) is 58.6 Å². The molecule has 1 aliphatic rings. The van der Waals surface area contributed by atoms with Gasteiger partial charge in [-0.25, -0.2) is 4.79 Å². The van der Waals surface area contributed by atoms with Gasteiger partial charge in [0.05, 0.1) is 12.5 Å². The Kier molecular flexibility index (Phi) is 6.67. The molecule has 110 valence electrons. The summed E-state index contributed by atoms with van der Waals surface area (Å²) in [6.07, 6.45) is 2.40. The minimum absolute atomic E-state index is 0.0645. The molecule has 2 amide bonds. The molecular weight excluding hydrogens is 244 g/mol. The molecule has 1 rings (SSSR count). The molecule has 1 unspecified atom stereocenters. The Morgan fingerprint density at radius 1 is 1.42 bits per heavy atom. The Morgan fingerprint density at radius 3 is 2.79 bits per heavy atom. The monoisotopic (exact) mass is 270 g/mol. The van der Waals surface area contributed by atoms with Gasteiger partial charge in [0.15, 0.2) is 0 Å². The van der Waals surface area contributed by atoms with E-state index in [1.165, 1.54) is 0 Å². The fourth-order valence-electron chi connectivity index (χ4n) is 2.20. The van der Waals surface area contributed by atoms with Gasteiger partial charge in [-0.3, -0.25) is 4.79 Å². The van der Waals surface area contributed by atoms with Gasteiger partial charge in [-0.05, 0) is 32.1 Å². The van der Waals surface area contributed by atoms with Gasteiger partial charge < -0.3 is 15.0 Å². The van der Waals surface area contributed by atoms with Crippen LogP contribution in [0.2, 0.25) is 0 Å². The Morgan fingerprint density at radius 2 is 2.16 bits per heavy atom. The molecule has 1 fully saturated rings. The molecule has 0 aromatic carbocycles. The van der Waals surface area contributed by atoms with Crippen molar-refractivity contribution in [3.8, 4) is 0 Å². The van der Waals surface area contributed by atoms with Crippen molar-refractivity contribution in [1.29, 1.82) is 0 Å². The van der Waals surface area contributed by atoms with Gasteiger partial charge >= 0.3 is 6.09 Å². The summed E-state index contributed by atoms with van der Waals surface area (Å²) < 4.78 is 4.98. The van der Waals surface area contributed by atoms with E-state index in [1.807, 2.05) is 0 Å². The van der Waals surface area contributed by atoms with E-state index in [9.17, 15) is 9.59 Å². The minimum Gasteiger partial charge on any atom is -0.450 e. The van der Waals surface area contributed by atoms with E-state index >= 15 is 0 Å². The highest BCUT2D eigenvalue weighted by atomic mass is 16.6. The molecule has 0 aliphatic carbocycles. The Labute approximate surface area is 115 Å². The van der Waals surface area contributed by atoms with Crippen molar-refractivity contribution in [3.05, 3.63) is 0 Å². The zero-order valence-corrected chi connectivity index (χ0v) is 12.3. The Hall–Kier alpha value is -1.26. The summed E-state index contributed by atoms with van der Waals surface area (Å²) in [7, 11) is 0. The average Bonchev–Trinajstić information content (AvgIpc) is 2.38. The van der Waals surface area contributed by atoms with Crippen molar-refractivity contribution < 1.29 is 14.3 Å². The molecule has 5 heteroatoms. The van der Waals surface area contributed by atoms with Crippen molar-refractivity contribution in [2.24, 2.45) is 11.8 Å². The minimum atomic E-state index is -0.304. The number of hydrogen-bond donors (Lipinski definition) is 1. The van der Waals surface area contributed by atoms with Crippen molar-refractivity contribution in [2.45, 2.75) is 40.0 Å². The van der Waals surface area contributed by atoms with E-state index in [0.29, 0.717) is 32.2 Å². The van der Waals surface area contributed by atoms with Crippen LogP contribution < -0.4 is 5.32 Å². The lowest BCUT2D eigenvalue weighted by molar-refractivity contribution is -0.126. The summed E-state index contributed by atoms with van der Waals surface area (Å²) in [6, 6.07) is 0. The molecule has 1 aliphatic heterocycles. The van der Waals surface area contributed by atoms with Gasteiger partial charge in [0.1, 0.15) is 0 Å². The lowest BCUT2D eigenvalue weighted by Gasteiger charge is -2.31. The quantitative estimate of drug-likeness (QED) is 0.831. The third kappa shape index (κ3) is 5.49.